The number of aromatic nitrogens is 4. The molecule has 0 radical (unpaired) electrons. The summed E-state index contributed by atoms with van der Waals surface area (Å²) in [7, 11) is 0. The van der Waals surface area contributed by atoms with E-state index in [0.29, 0.717) is 40.6 Å². The maximum Gasteiger partial charge on any atom is 0.254 e. The molecule has 33 heavy (non-hydrogen) atoms. The third-order valence-electron chi connectivity index (χ3n) is 4.40. The number of amides is 1. The maximum atomic E-state index is 14.6. The smallest absolute Gasteiger partial charge is 0.254 e. The van der Waals surface area contributed by atoms with Crippen LogP contribution in [-0.2, 0) is 6.54 Å². The normalized spacial score (nSPS) is 12.4. The van der Waals surface area contributed by atoms with Gasteiger partial charge in [-0.05, 0) is 49.9 Å². The van der Waals surface area contributed by atoms with Crippen LogP contribution in [-0.4, -0.2) is 37.7 Å². The topological polar surface area (TPSA) is 102 Å². The van der Waals surface area contributed by atoms with Crippen molar-refractivity contribution in [2.24, 2.45) is 0 Å². The molecule has 0 aliphatic heterocycles. The van der Waals surface area contributed by atoms with Crippen LogP contribution in [0.1, 0.15) is 49.7 Å². The zero-order chi connectivity index (χ0) is 23.6. The second kappa shape index (κ2) is 12.1. The molecule has 0 atom stereocenters. The highest BCUT2D eigenvalue weighted by Crippen LogP contribution is 2.33. The molecule has 1 saturated carbocycles. The van der Waals surface area contributed by atoms with Crippen LogP contribution in [0, 0.1) is 5.82 Å². The summed E-state index contributed by atoms with van der Waals surface area (Å²) in [5.41, 5.74) is 1.53. The lowest BCUT2D eigenvalue weighted by atomic mass is 10.1. The van der Waals surface area contributed by atoms with E-state index in [2.05, 4.69) is 30.0 Å². The van der Waals surface area contributed by atoms with Gasteiger partial charge in [-0.1, -0.05) is 19.9 Å². The molecule has 10 heteroatoms. The standard InChI is InChI=1S/C21H21FN6O2S.C2H6/c1-2-30-19-12-23-11-18(27-19)13-3-6-16(17(22)9-13)20(29)25-10-14-7-8-24-21(26-14)28-31-15-4-5-15;1-2/h3,6-9,11-12,15H,2,4-5,10H2,1H3,(H,25,29)(H,24,26,28);1-2H3. The van der Waals surface area contributed by atoms with Gasteiger partial charge in [-0.25, -0.2) is 19.3 Å². The van der Waals surface area contributed by atoms with E-state index in [-0.39, 0.29) is 12.1 Å². The van der Waals surface area contributed by atoms with Crippen molar-refractivity contribution in [2.45, 2.75) is 45.4 Å². The number of carbonyl (C=O) groups is 1. The van der Waals surface area contributed by atoms with E-state index in [9.17, 15) is 9.18 Å². The van der Waals surface area contributed by atoms with Crippen LogP contribution < -0.4 is 14.8 Å². The lowest BCUT2D eigenvalue weighted by Crippen LogP contribution is -2.24. The van der Waals surface area contributed by atoms with E-state index in [1.165, 1.54) is 37.4 Å². The van der Waals surface area contributed by atoms with Crippen molar-refractivity contribution in [1.29, 1.82) is 0 Å². The van der Waals surface area contributed by atoms with Crippen molar-refractivity contribution in [3.63, 3.8) is 0 Å². The van der Waals surface area contributed by atoms with Crippen molar-refractivity contribution in [3.05, 3.63) is 59.9 Å². The van der Waals surface area contributed by atoms with Crippen LogP contribution in [0.15, 0.2) is 42.9 Å². The Bertz CT molecular complexity index is 1080. The molecule has 0 bridgehead atoms. The number of nitrogens with one attached hydrogen (secondary N) is 2. The van der Waals surface area contributed by atoms with E-state index in [1.807, 2.05) is 20.8 Å². The Labute approximate surface area is 197 Å². The van der Waals surface area contributed by atoms with Crippen LogP contribution in [0.5, 0.6) is 5.88 Å². The molecule has 0 saturated heterocycles. The lowest BCUT2D eigenvalue weighted by molar-refractivity contribution is 0.0946. The Morgan fingerprint density at radius 1 is 1.21 bits per heavy atom. The molecule has 8 nitrogen and oxygen atoms in total. The molecule has 1 amide bonds. The van der Waals surface area contributed by atoms with Gasteiger partial charge >= 0.3 is 0 Å². The first kappa shape index (κ1) is 24.4. The first-order valence-corrected chi connectivity index (χ1v) is 11.8. The van der Waals surface area contributed by atoms with Crippen LogP contribution in [0.2, 0.25) is 0 Å². The fraction of sp³-hybridized carbons (Fsp3) is 0.348. The molecule has 2 N–H and O–H groups in total. The summed E-state index contributed by atoms with van der Waals surface area (Å²) in [6, 6.07) is 6.01. The zero-order valence-corrected chi connectivity index (χ0v) is 19.7. The third-order valence-corrected chi connectivity index (χ3v) is 5.50. The highest BCUT2D eigenvalue weighted by atomic mass is 32.2. The maximum absolute atomic E-state index is 14.6. The first-order chi connectivity index (χ1) is 16.1. The van der Waals surface area contributed by atoms with Gasteiger partial charge < -0.3 is 10.1 Å². The average molecular weight is 471 g/mol. The van der Waals surface area contributed by atoms with Gasteiger partial charge in [0.05, 0.1) is 42.5 Å². The number of carbonyl (C=O) groups excluding carboxylic acids is 1. The summed E-state index contributed by atoms with van der Waals surface area (Å²) in [6.45, 7) is 6.45. The molecule has 2 aromatic heterocycles. The Morgan fingerprint density at radius 3 is 2.76 bits per heavy atom. The van der Waals surface area contributed by atoms with E-state index < -0.39 is 11.7 Å². The van der Waals surface area contributed by atoms with Crippen LogP contribution in [0.25, 0.3) is 11.3 Å². The molecule has 1 aromatic carbocycles. The van der Waals surface area contributed by atoms with E-state index in [4.69, 9.17) is 4.74 Å². The fourth-order valence-corrected chi connectivity index (χ4v) is 3.44. The molecule has 0 spiro atoms. The van der Waals surface area contributed by atoms with Crippen molar-refractivity contribution in [3.8, 4) is 17.1 Å². The van der Waals surface area contributed by atoms with Gasteiger partial charge in [0.1, 0.15) is 5.82 Å². The molecule has 1 fully saturated rings. The number of rotatable bonds is 9. The molecule has 2 heterocycles. The Hall–Kier alpha value is -3.27. The number of nitrogens with zero attached hydrogens (tertiary/aromatic N) is 4. The van der Waals surface area contributed by atoms with Crippen molar-refractivity contribution < 1.29 is 13.9 Å². The van der Waals surface area contributed by atoms with Crippen molar-refractivity contribution >= 4 is 23.8 Å². The molecule has 1 aliphatic rings. The Kier molecular flexibility index (Phi) is 8.94. The van der Waals surface area contributed by atoms with Gasteiger partial charge in [0.2, 0.25) is 11.8 Å². The van der Waals surface area contributed by atoms with Gasteiger partial charge in [0.25, 0.3) is 5.91 Å². The summed E-state index contributed by atoms with van der Waals surface area (Å²) >= 11 is 1.60. The second-order valence-corrected chi connectivity index (χ2v) is 7.95. The summed E-state index contributed by atoms with van der Waals surface area (Å²) in [4.78, 5) is 29.3. The Morgan fingerprint density at radius 2 is 2.03 bits per heavy atom. The molecule has 0 unspecified atom stereocenters. The largest absolute Gasteiger partial charge is 0.477 e. The molecule has 4 rings (SSSR count). The van der Waals surface area contributed by atoms with Gasteiger partial charge in [-0.2, -0.15) is 0 Å². The van der Waals surface area contributed by atoms with Crippen LogP contribution >= 0.6 is 11.9 Å². The summed E-state index contributed by atoms with van der Waals surface area (Å²) in [6.07, 6.45) is 7.02. The predicted molar refractivity (Wildman–Crippen MR) is 127 cm³/mol. The zero-order valence-electron chi connectivity index (χ0n) is 18.8. The number of halogens is 1. The van der Waals surface area contributed by atoms with Crippen LogP contribution in [0.4, 0.5) is 10.3 Å². The number of anilines is 1. The lowest BCUT2D eigenvalue weighted by Gasteiger charge is -2.09. The third kappa shape index (κ3) is 7.11. The SMILES string of the molecule is CC.CCOc1cncc(-c2ccc(C(=O)NCc3ccnc(NSC4CC4)n3)c(F)c2)n1. The van der Waals surface area contributed by atoms with Gasteiger partial charge in [0, 0.05) is 17.0 Å². The van der Waals surface area contributed by atoms with Crippen LogP contribution in [0.3, 0.4) is 0 Å². The second-order valence-electron chi connectivity index (χ2n) is 6.84. The highest BCUT2D eigenvalue weighted by Gasteiger charge is 2.22. The average Bonchev–Trinajstić information content (AvgIpc) is 3.68. The monoisotopic (exact) mass is 470 g/mol. The number of ether oxygens (including phenoxy) is 1. The number of hydrogen-bond acceptors (Lipinski definition) is 8. The molecule has 174 valence electrons. The summed E-state index contributed by atoms with van der Waals surface area (Å²) < 4.78 is 23.1. The summed E-state index contributed by atoms with van der Waals surface area (Å²) in [5, 5.41) is 3.31. The summed E-state index contributed by atoms with van der Waals surface area (Å²) in [5.74, 6) is -0.325. The predicted octanol–water partition coefficient (Wildman–Crippen LogP) is 4.65. The molecule has 3 aromatic rings. The Balaban J connectivity index is 0.00000149. The minimum Gasteiger partial charge on any atom is -0.477 e. The molecule has 1 aliphatic carbocycles. The molecular weight excluding hydrogens is 443 g/mol. The van der Waals surface area contributed by atoms with Crippen molar-refractivity contribution in [1.82, 2.24) is 25.3 Å². The van der Waals surface area contributed by atoms with Gasteiger partial charge in [-0.15, -0.1) is 0 Å². The fourth-order valence-electron chi connectivity index (χ4n) is 2.69. The minimum atomic E-state index is -0.649. The van der Waals surface area contributed by atoms with E-state index >= 15 is 0 Å². The van der Waals surface area contributed by atoms with Gasteiger partial charge in [-0.3, -0.25) is 14.5 Å². The minimum absolute atomic E-state index is 0.0608. The number of hydrogen-bond donors (Lipinski definition) is 2. The van der Waals surface area contributed by atoms with E-state index in [0.717, 1.165) is 0 Å². The first-order valence-electron chi connectivity index (χ1n) is 10.9. The van der Waals surface area contributed by atoms with E-state index in [1.54, 1.807) is 30.3 Å². The quantitative estimate of drug-likeness (QED) is 0.436. The number of benzene rings is 1. The molecular formula is C23H27FN6O2S. The van der Waals surface area contributed by atoms with Crippen molar-refractivity contribution in [2.75, 3.05) is 11.3 Å². The van der Waals surface area contributed by atoms with Gasteiger partial charge in [0.15, 0.2) is 0 Å². The highest BCUT2D eigenvalue weighted by molar-refractivity contribution is 8.01.